The van der Waals surface area contributed by atoms with Gasteiger partial charge in [0.25, 0.3) is 0 Å². The van der Waals surface area contributed by atoms with Crippen molar-refractivity contribution >= 4 is 6.08 Å². The molecular formula is C26H37NO. The molecule has 0 unspecified atom stereocenters. The van der Waals surface area contributed by atoms with Crippen molar-refractivity contribution in [3.63, 3.8) is 0 Å². The zero-order valence-electron chi connectivity index (χ0n) is 17.8. The summed E-state index contributed by atoms with van der Waals surface area (Å²) in [6.07, 6.45) is 18.3. The molecule has 0 spiro atoms. The molecule has 2 nitrogen and oxygen atoms in total. The lowest BCUT2D eigenvalue weighted by molar-refractivity contribution is 0.141. The minimum Gasteiger partial charge on any atom is -0.392 e. The Morgan fingerprint density at radius 2 is 2.00 bits per heavy atom. The van der Waals surface area contributed by atoms with Crippen LogP contribution in [0.2, 0.25) is 0 Å². The van der Waals surface area contributed by atoms with E-state index in [0.717, 1.165) is 6.42 Å². The van der Waals surface area contributed by atoms with Crippen LogP contribution in [0.15, 0.2) is 54.1 Å². The summed E-state index contributed by atoms with van der Waals surface area (Å²) < 4.78 is 0. The van der Waals surface area contributed by atoms with Crippen molar-refractivity contribution < 1.29 is 5.11 Å². The van der Waals surface area contributed by atoms with Crippen molar-refractivity contribution in [1.29, 1.82) is 0 Å². The molecule has 0 bridgehead atoms. The second kappa shape index (κ2) is 10.2. The number of aryl methyl sites for hydroxylation is 1. The van der Waals surface area contributed by atoms with E-state index < -0.39 is 0 Å². The van der Waals surface area contributed by atoms with Gasteiger partial charge in [0.05, 0.1) is 6.10 Å². The molecule has 2 aliphatic rings. The fourth-order valence-corrected chi connectivity index (χ4v) is 4.88. The third-order valence-electron chi connectivity index (χ3n) is 6.33. The summed E-state index contributed by atoms with van der Waals surface area (Å²) in [6, 6.07) is 8.53. The zero-order chi connectivity index (χ0) is 19.9. The summed E-state index contributed by atoms with van der Waals surface area (Å²) in [7, 11) is 4.30. The maximum atomic E-state index is 10.5. The van der Waals surface area contributed by atoms with Gasteiger partial charge in [0.15, 0.2) is 0 Å². The van der Waals surface area contributed by atoms with Gasteiger partial charge in [-0.3, -0.25) is 0 Å². The SMILES string of the molecule is Cc1cccc(C=CC=C[C@@H]2[C@H]3CC(CCCCCN(C)C)=C[C@H]3C[C@H]2O)c1. The Bertz CT molecular complexity index is 715. The number of aliphatic hydroxyl groups is 1. The predicted molar refractivity (Wildman–Crippen MR) is 120 cm³/mol. The van der Waals surface area contributed by atoms with E-state index in [2.05, 4.69) is 80.6 Å². The molecule has 0 aromatic heterocycles. The molecule has 152 valence electrons. The molecule has 1 saturated carbocycles. The number of aliphatic hydroxyl groups excluding tert-OH is 1. The van der Waals surface area contributed by atoms with Gasteiger partial charge in [-0.15, -0.1) is 0 Å². The summed E-state index contributed by atoms with van der Waals surface area (Å²) in [4.78, 5) is 2.27. The lowest BCUT2D eigenvalue weighted by Gasteiger charge is -2.18. The van der Waals surface area contributed by atoms with Crippen LogP contribution in [0.3, 0.4) is 0 Å². The summed E-state index contributed by atoms with van der Waals surface area (Å²) in [5.74, 6) is 1.49. The van der Waals surface area contributed by atoms with Gasteiger partial charge in [0.2, 0.25) is 0 Å². The summed E-state index contributed by atoms with van der Waals surface area (Å²) in [5.41, 5.74) is 4.15. The topological polar surface area (TPSA) is 23.5 Å². The Kier molecular flexibility index (Phi) is 7.70. The quantitative estimate of drug-likeness (QED) is 0.341. The van der Waals surface area contributed by atoms with E-state index in [1.165, 1.54) is 49.8 Å². The van der Waals surface area contributed by atoms with E-state index in [1.54, 1.807) is 5.57 Å². The first kappa shape index (κ1) is 21.1. The maximum absolute atomic E-state index is 10.5. The number of benzene rings is 1. The maximum Gasteiger partial charge on any atom is 0.0611 e. The first-order valence-corrected chi connectivity index (χ1v) is 11.0. The van der Waals surface area contributed by atoms with Crippen LogP contribution in [0.4, 0.5) is 0 Å². The van der Waals surface area contributed by atoms with E-state index >= 15 is 0 Å². The van der Waals surface area contributed by atoms with E-state index in [4.69, 9.17) is 0 Å². The molecule has 0 radical (unpaired) electrons. The second-order valence-corrected chi connectivity index (χ2v) is 9.01. The Labute approximate surface area is 171 Å². The molecule has 3 rings (SSSR count). The number of hydrogen-bond acceptors (Lipinski definition) is 2. The van der Waals surface area contributed by atoms with Crippen molar-refractivity contribution in [2.75, 3.05) is 20.6 Å². The second-order valence-electron chi connectivity index (χ2n) is 9.01. The first-order chi connectivity index (χ1) is 13.5. The van der Waals surface area contributed by atoms with Gasteiger partial charge in [-0.25, -0.2) is 0 Å². The molecule has 0 heterocycles. The third-order valence-corrected chi connectivity index (χ3v) is 6.33. The normalized spacial score (nSPS) is 27.2. The molecule has 0 amide bonds. The molecule has 0 saturated heterocycles. The molecule has 0 aliphatic heterocycles. The molecule has 28 heavy (non-hydrogen) atoms. The van der Waals surface area contributed by atoms with E-state index in [9.17, 15) is 5.11 Å². The number of allylic oxidation sites excluding steroid dienone is 4. The van der Waals surface area contributed by atoms with Crippen molar-refractivity contribution in [2.45, 2.75) is 51.6 Å². The Balaban J connectivity index is 1.47. The van der Waals surface area contributed by atoms with Gasteiger partial charge >= 0.3 is 0 Å². The fraction of sp³-hybridized carbons (Fsp3) is 0.538. The van der Waals surface area contributed by atoms with Crippen LogP contribution in [0.25, 0.3) is 6.08 Å². The van der Waals surface area contributed by atoms with Crippen molar-refractivity contribution in [2.24, 2.45) is 17.8 Å². The summed E-state index contributed by atoms with van der Waals surface area (Å²) in [6.45, 7) is 3.31. The first-order valence-electron chi connectivity index (χ1n) is 11.0. The lowest BCUT2D eigenvalue weighted by atomic mass is 9.89. The van der Waals surface area contributed by atoms with Crippen LogP contribution in [0, 0.1) is 24.7 Å². The van der Waals surface area contributed by atoms with Crippen LogP contribution < -0.4 is 0 Å². The Hall–Kier alpha value is -1.64. The third kappa shape index (κ3) is 5.93. The van der Waals surface area contributed by atoms with E-state index in [1.807, 2.05) is 0 Å². The van der Waals surface area contributed by atoms with E-state index in [0.29, 0.717) is 17.8 Å². The van der Waals surface area contributed by atoms with Gasteiger partial charge in [0.1, 0.15) is 0 Å². The number of unbranched alkanes of at least 4 members (excludes halogenated alkanes) is 2. The van der Waals surface area contributed by atoms with Crippen molar-refractivity contribution in [3.05, 3.63) is 65.3 Å². The molecule has 1 N–H and O–H groups in total. The van der Waals surface area contributed by atoms with Crippen LogP contribution in [-0.2, 0) is 0 Å². The molecule has 1 aromatic carbocycles. The van der Waals surface area contributed by atoms with Crippen molar-refractivity contribution in [3.8, 4) is 0 Å². The van der Waals surface area contributed by atoms with Gasteiger partial charge < -0.3 is 10.0 Å². The predicted octanol–water partition coefficient (Wildman–Crippen LogP) is 5.63. The van der Waals surface area contributed by atoms with Crippen LogP contribution in [0.1, 0.15) is 49.7 Å². The fourth-order valence-electron chi connectivity index (χ4n) is 4.88. The summed E-state index contributed by atoms with van der Waals surface area (Å²) >= 11 is 0. The largest absolute Gasteiger partial charge is 0.392 e. The number of hydrogen-bond donors (Lipinski definition) is 1. The highest BCUT2D eigenvalue weighted by Gasteiger charge is 2.42. The molecule has 1 fully saturated rings. The monoisotopic (exact) mass is 379 g/mol. The highest BCUT2D eigenvalue weighted by Crippen LogP contribution is 2.48. The average molecular weight is 380 g/mol. The Morgan fingerprint density at radius 1 is 1.14 bits per heavy atom. The van der Waals surface area contributed by atoms with Crippen molar-refractivity contribution in [1.82, 2.24) is 4.90 Å². The van der Waals surface area contributed by atoms with Gasteiger partial charge in [-0.2, -0.15) is 0 Å². The Morgan fingerprint density at radius 3 is 2.79 bits per heavy atom. The molecule has 1 aromatic rings. The molecule has 2 aliphatic carbocycles. The highest BCUT2D eigenvalue weighted by atomic mass is 16.3. The van der Waals surface area contributed by atoms with Gasteiger partial charge in [-0.1, -0.05) is 72.2 Å². The van der Waals surface area contributed by atoms with Crippen LogP contribution in [0.5, 0.6) is 0 Å². The summed E-state index contributed by atoms with van der Waals surface area (Å²) in [5, 5.41) is 10.5. The molecule has 4 atom stereocenters. The zero-order valence-corrected chi connectivity index (χ0v) is 17.8. The average Bonchev–Trinajstić information content (AvgIpc) is 3.15. The minimum absolute atomic E-state index is 0.184. The lowest BCUT2D eigenvalue weighted by Crippen LogP contribution is -2.16. The van der Waals surface area contributed by atoms with Crippen LogP contribution >= 0.6 is 0 Å². The number of nitrogens with zero attached hydrogens (tertiary/aromatic N) is 1. The van der Waals surface area contributed by atoms with Crippen LogP contribution in [-0.4, -0.2) is 36.8 Å². The minimum atomic E-state index is -0.184. The molecular weight excluding hydrogens is 342 g/mol. The standard InChI is InChI=1S/C26H37NO/c1-20-10-9-13-21(16-20)11-6-7-14-24-25-18-22(17-23(25)19-26(24)28)12-5-4-8-15-27(2)3/h6-7,9-11,13-14,16-17,23-26,28H,4-5,8,12,15,18-19H2,1-3H3/t23-,24+,25-,26+/m0/s1. The highest BCUT2D eigenvalue weighted by molar-refractivity contribution is 5.52. The molecule has 2 heteroatoms. The van der Waals surface area contributed by atoms with E-state index in [-0.39, 0.29) is 6.10 Å². The van der Waals surface area contributed by atoms with Gasteiger partial charge in [0, 0.05) is 5.92 Å². The smallest absolute Gasteiger partial charge is 0.0611 e. The van der Waals surface area contributed by atoms with Gasteiger partial charge in [-0.05, 0) is 77.1 Å². The number of rotatable bonds is 9. The number of fused-ring (bicyclic) bond motifs is 1.